The number of carbonyl (C=O) groups excluding carboxylic acids is 1. The minimum atomic E-state index is -0.338. The van der Waals surface area contributed by atoms with Crippen molar-refractivity contribution in [2.24, 2.45) is 0 Å². The van der Waals surface area contributed by atoms with Crippen LogP contribution in [0.15, 0.2) is 12.1 Å². The number of anilines is 1. The Morgan fingerprint density at radius 1 is 1.47 bits per heavy atom. The van der Waals surface area contributed by atoms with E-state index in [0.717, 1.165) is 0 Å². The van der Waals surface area contributed by atoms with Crippen LogP contribution in [-0.4, -0.2) is 23.7 Å². The van der Waals surface area contributed by atoms with E-state index in [1.165, 1.54) is 12.1 Å². The molecule has 94 valence electrons. The second-order valence-corrected chi connectivity index (χ2v) is 4.43. The average Bonchev–Trinajstić information content (AvgIpc) is 2.31. The first-order valence-corrected chi connectivity index (χ1v) is 5.91. The average molecular weight is 277 g/mol. The summed E-state index contributed by atoms with van der Waals surface area (Å²) in [5.74, 6) is -0.338. The van der Waals surface area contributed by atoms with Crippen molar-refractivity contribution in [2.75, 3.05) is 12.3 Å². The van der Waals surface area contributed by atoms with Crippen LogP contribution in [0.2, 0.25) is 10.0 Å². The first kappa shape index (κ1) is 14.1. The number of aliphatic hydroxyl groups excluding tert-OH is 1. The molecule has 1 rings (SSSR count). The summed E-state index contributed by atoms with van der Waals surface area (Å²) in [6.45, 7) is 1.75. The molecule has 4 N–H and O–H groups in total. The summed E-state index contributed by atoms with van der Waals surface area (Å²) in [5.41, 5.74) is 6.14. The van der Waals surface area contributed by atoms with Gasteiger partial charge in [-0.3, -0.25) is 4.79 Å². The summed E-state index contributed by atoms with van der Waals surface area (Å²) < 4.78 is 0. The Labute approximate surface area is 110 Å². The highest BCUT2D eigenvalue weighted by atomic mass is 35.5. The summed E-state index contributed by atoms with van der Waals surface area (Å²) in [6.07, 6.45) is 0.638. The zero-order valence-electron chi connectivity index (χ0n) is 9.34. The molecule has 0 bridgehead atoms. The van der Waals surface area contributed by atoms with E-state index in [4.69, 9.17) is 34.0 Å². The molecule has 1 aromatic rings. The lowest BCUT2D eigenvalue weighted by atomic mass is 10.1. The number of halogens is 2. The molecule has 1 unspecified atom stereocenters. The molecule has 1 aromatic carbocycles. The van der Waals surface area contributed by atoms with Crippen LogP contribution in [0.1, 0.15) is 23.7 Å². The molecule has 0 saturated carbocycles. The molecule has 0 radical (unpaired) electrons. The topological polar surface area (TPSA) is 75.3 Å². The van der Waals surface area contributed by atoms with E-state index in [0.29, 0.717) is 12.0 Å². The smallest absolute Gasteiger partial charge is 0.251 e. The van der Waals surface area contributed by atoms with E-state index in [1.807, 2.05) is 6.92 Å². The van der Waals surface area contributed by atoms with E-state index < -0.39 is 0 Å². The van der Waals surface area contributed by atoms with Gasteiger partial charge in [0, 0.05) is 5.56 Å². The molecule has 0 fully saturated rings. The van der Waals surface area contributed by atoms with Gasteiger partial charge in [-0.15, -0.1) is 0 Å². The van der Waals surface area contributed by atoms with Gasteiger partial charge < -0.3 is 16.2 Å². The summed E-state index contributed by atoms with van der Waals surface area (Å²) in [7, 11) is 0. The lowest BCUT2D eigenvalue weighted by Crippen LogP contribution is -2.36. The van der Waals surface area contributed by atoms with Crippen LogP contribution >= 0.6 is 23.2 Å². The van der Waals surface area contributed by atoms with Gasteiger partial charge in [-0.2, -0.15) is 0 Å². The Kier molecular flexibility index (Phi) is 5.05. The predicted octanol–water partition coefficient (Wildman–Crippen LogP) is 2.08. The zero-order chi connectivity index (χ0) is 13.0. The molecule has 0 aromatic heterocycles. The molecule has 4 nitrogen and oxygen atoms in total. The van der Waals surface area contributed by atoms with Crippen LogP contribution in [0.5, 0.6) is 0 Å². The van der Waals surface area contributed by atoms with Gasteiger partial charge in [0.25, 0.3) is 5.91 Å². The molecule has 0 aliphatic heterocycles. The van der Waals surface area contributed by atoms with Crippen molar-refractivity contribution in [3.8, 4) is 0 Å². The molecular weight excluding hydrogens is 263 g/mol. The Morgan fingerprint density at radius 2 is 2.00 bits per heavy atom. The van der Waals surface area contributed by atoms with Crippen LogP contribution in [0.25, 0.3) is 0 Å². The SMILES string of the molecule is CCC(CO)NC(=O)c1cc(Cl)c(N)c(Cl)c1. The van der Waals surface area contributed by atoms with E-state index in [9.17, 15) is 4.79 Å². The van der Waals surface area contributed by atoms with Gasteiger partial charge in [0.2, 0.25) is 0 Å². The van der Waals surface area contributed by atoms with Gasteiger partial charge in [0.05, 0.1) is 28.4 Å². The second-order valence-electron chi connectivity index (χ2n) is 3.61. The van der Waals surface area contributed by atoms with Gasteiger partial charge in [-0.25, -0.2) is 0 Å². The highest BCUT2D eigenvalue weighted by Gasteiger charge is 2.14. The number of hydrogen-bond donors (Lipinski definition) is 3. The maximum Gasteiger partial charge on any atom is 0.251 e. The summed E-state index contributed by atoms with van der Waals surface area (Å²) in [4.78, 5) is 11.8. The van der Waals surface area contributed by atoms with Crippen LogP contribution in [0, 0.1) is 0 Å². The highest BCUT2D eigenvalue weighted by molar-refractivity contribution is 6.39. The fourth-order valence-corrected chi connectivity index (χ4v) is 1.75. The van der Waals surface area contributed by atoms with Gasteiger partial charge in [0.15, 0.2) is 0 Å². The quantitative estimate of drug-likeness (QED) is 0.737. The molecule has 0 aliphatic rings. The minimum Gasteiger partial charge on any atom is -0.396 e. The van der Waals surface area contributed by atoms with Crippen LogP contribution in [-0.2, 0) is 0 Å². The van der Waals surface area contributed by atoms with Gasteiger partial charge in [0.1, 0.15) is 0 Å². The Hall–Kier alpha value is -0.970. The zero-order valence-corrected chi connectivity index (χ0v) is 10.8. The Balaban J connectivity index is 2.90. The molecule has 17 heavy (non-hydrogen) atoms. The highest BCUT2D eigenvalue weighted by Crippen LogP contribution is 2.28. The fraction of sp³-hybridized carbons (Fsp3) is 0.364. The van der Waals surface area contributed by atoms with Crippen molar-refractivity contribution < 1.29 is 9.90 Å². The van der Waals surface area contributed by atoms with Crippen molar-refractivity contribution >= 4 is 34.8 Å². The van der Waals surface area contributed by atoms with Gasteiger partial charge in [-0.05, 0) is 18.6 Å². The lowest BCUT2D eigenvalue weighted by Gasteiger charge is -2.14. The standard InChI is InChI=1S/C11H14Cl2N2O2/c1-2-7(5-16)15-11(17)6-3-8(12)10(14)9(13)4-6/h3-4,7,16H,2,5,14H2,1H3,(H,15,17). The maximum absolute atomic E-state index is 11.8. The number of benzene rings is 1. The van der Waals surface area contributed by atoms with Gasteiger partial charge in [-0.1, -0.05) is 30.1 Å². The van der Waals surface area contributed by atoms with Crippen molar-refractivity contribution in [3.63, 3.8) is 0 Å². The molecule has 6 heteroatoms. The number of nitrogens with two attached hydrogens (primary N) is 1. The van der Waals surface area contributed by atoms with E-state index >= 15 is 0 Å². The monoisotopic (exact) mass is 276 g/mol. The predicted molar refractivity (Wildman–Crippen MR) is 69.5 cm³/mol. The van der Waals surface area contributed by atoms with Crippen molar-refractivity contribution in [1.29, 1.82) is 0 Å². The number of nitrogens with one attached hydrogen (secondary N) is 1. The van der Waals surface area contributed by atoms with Crippen molar-refractivity contribution in [1.82, 2.24) is 5.32 Å². The number of hydrogen-bond acceptors (Lipinski definition) is 3. The first-order chi connectivity index (χ1) is 7.99. The van der Waals surface area contributed by atoms with Crippen LogP contribution < -0.4 is 11.1 Å². The number of carbonyl (C=O) groups is 1. The maximum atomic E-state index is 11.8. The normalized spacial score (nSPS) is 12.2. The molecule has 0 spiro atoms. The third-order valence-electron chi connectivity index (χ3n) is 2.39. The second kappa shape index (κ2) is 6.10. The van der Waals surface area contributed by atoms with Crippen LogP contribution in [0.4, 0.5) is 5.69 Å². The van der Waals surface area contributed by atoms with E-state index in [2.05, 4.69) is 5.32 Å². The summed E-state index contributed by atoms with van der Waals surface area (Å²) >= 11 is 11.7. The molecule has 0 aliphatic carbocycles. The molecule has 1 amide bonds. The number of amides is 1. The van der Waals surface area contributed by atoms with Crippen molar-refractivity contribution in [3.05, 3.63) is 27.7 Å². The fourth-order valence-electron chi connectivity index (χ4n) is 1.26. The van der Waals surface area contributed by atoms with E-state index in [-0.39, 0.29) is 34.3 Å². The third kappa shape index (κ3) is 3.49. The minimum absolute atomic E-state index is 0.112. The Morgan fingerprint density at radius 3 is 2.41 bits per heavy atom. The summed E-state index contributed by atoms with van der Waals surface area (Å²) in [6, 6.07) is 2.61. The third-order valence-corrected chi connectivity index (χ3v) is 3.02. The summed E-state index contributed by atoms with van der Waals surface area (Å²) in [5, 5.41) is 12.1. The largest absolute Gasteiger partial charge is 0.396 e. The number of nitrogen functional groups attached to an aromatic ring is 1. The van der Waals surface area contributed by atoms with Crippen molar-refractivity contribution in [2.45, 2.75) is 19.4 Å². The van der Waals surface area contributed by atoms with Crippen LogP contribution in [0.3, 0.4) is 0 Å². The number of rotatable bonds is 4. The van der Waals surface area contributed by atoms with Gasteiger partial charge >= 0.3 is 0 Å². The first-order valence-electron chi connectivity index (χ1n) is 5.15. The molecule has 0 saturated heterocycles. The van der Waals surface area contributed by atoms with E-state index in [1.54, 1.807) is 0 Å². The molecular formula is C11H14Cl2N2O2. The Bertz CT molecular complexity index is 397. The molecule has 0 heterocycles. The molecule has 1 atom stereocenters. The lowest BCUT2D eigenvalue weighted by molar-refractivity contribution is 0.0915. The number of aliphatic hydroxyl groups is 1.